The molecule has 0 aliphatic heterocycles. The first-order valence-electron chi connectivity index (χ1n) is 7.39. The van der Waals surface area contributed by atoms with E-state index in [0.717, 1.165) is 5.56 Å². The molecule has 0 amide bonds. The summed E-state index contributed by atoms with van der Waals surface area (Å²) in [4.78, 5) is 11.3. The van der Waals surface area contributed by atoms with Crippen molar-refractivity contribution in [2.75, 3.05) is 4.72 Å². The average Bonchev–Trinajstić information content (AvgIpc) is 2.60. The van der Waals surface area contributed by atoms with Crippen molar-refractivity contribution in [1.82, 2.24) is 9.78 Å². The molecule has 2 aromatic carbocycles. The Bertz CT molecular complexity index is 1130. The standard InChI is InChI=1S/C17H13Cl2N3O3S/c1-22-17(23)9-8-15(20-22)11-2-5-13(6-3-11)21-26(24,25)16-10-12(18)4-7-14(16)19/h2-10,21H,1H3. The molecule has 9 heteroatoms. The Kier molecular flexibility index (Phi) is 5.04. The van der Waals surface area contributed by atoms with Gasteiger partial charge in [0, 0.05) is 29.4 Å². The summed E-state index contributed by atoms with van der Waals surface area (Å²) in [5.41, 5.74) is 1.48. The van der Waals surface area contributed by atoms with Gasteiger partial charge in [-0.05, 0) is 36.4 Å². The maximum Gasteiger partial charge on any atom is 0.266 e. The lowest BCUT2D eigenvalue weighted by molar-refractivity contribution is 0.601. The topological polar surface area (TPSA) is 81.1 Å². The van der Waals surface area contributed by atoms with E-state index >= 15 is 0 Å². The van der Waals surface area contributed by atoms with Crippen molar-refractivity contribution in [2.24, 2.45) is 7.05 Å². The monoisotopic (exact) mass is 409 g/mol. The van der Waals surface area contributed by atoms with Crippen molar-refractivity contribution in [3.05, 3.63) is 75.0 Å². The SMILES string of the molecule is Cn1nc(-c2ccc(NS(=O)(=O)c3cc(Cl)ccc3Cl)cc2)ccc1=O. The Morgan fingerprint density at radius 3 is 2.35 bits per heavy atom. The van der Waals surface area contributed by atoms with E-state index in [4.69, 9.17) is 23.2 Å². The summed E-state index contributed by atoms with van der Waals surface area (Å²) >= 11 is 11.8. The first-order valence-corrected chi connectivity index (χ1v) is 9.63. The molecule has 0 saturated carbocycles. The largest absolute Gasteiger partial charge is 0.280 e. The Morgan fingerprint density at radius 1 is 1.00 bits per heavy atom. The number of sulfonamides is 1. The minimum atomic E-state index is -3.88. The highest BCUT2D eigenvalue weighted by Crippen LogP contribution is 2.27. The molecule has 0 saturated heterocycles. The van der Waals surface area contributed by atoms with Crippen LogP contribution in [0.4, 0.5) is 5.69 Å². The quantitative estimate of drug-likeness (QED) is 0.713. The summed E-state index contributed by atoms with van der Waals surface area (Å²) in [6.07, 6.45) is 0. The molecule has 3 rings (SSSR count). The van der Waals surface area contributed by atoms with Gasteiger partial charge in [-0.1, -0.05) is 35.3 Å². The highest BCUT2D eigenvalue weighted by Gasteiger charge is 2.18. The van der Waals surface area contributed by atoms with Gasteiger partial charge in [-0.25, -0.2) is 13.1 Å². The van der Waals surface area contributed by atoms with Gasteiger partial charge in [-0.3, -0.25) is 9.52 Å². The number of aryl methyl sites for hydroxylation is 1. The smallest absolute Gasteiger partial charge is 0.266 e. The Morgan fingerprint density at radius 2 is 1.69 bits per heavy atom. The van der Waals surface area contributed by atoms with Crippen LogP contribution in [-0.4, -0.2) is 18.2 Å². The lowest BCUT2D eigenvalue weighted by Gasteiger charge is -2.10. The van der Waals surface area contributed by atoms with E-state index in [1.54, 1.807) is 37.4 Å². The van der Waals surface area contributed by atoms with Gasteiger partial charge in [0.15, 0.2) is 0 Å². The third-order valence-electron chi connectivity index (χ3n) is 3.58. The maximum absolute atomic E-state index is 12.5. The average molecular weight is 410 g/mol. The van der Waals surface area contributed by atoms with E-state index in [2.05, 4.69) is 9.82 Å². The van der Waals surface area contributed by atoms with Crippen molar-refractivity contribution < 1.29 is 8.42 Å². The number of rotatable bonds is 4. The van der Waals surface area contributed by atoms with Gasteiger partial charge in [0.05, 0.1) is 10.7 Å². The number of nitrogens with one attached hydrogen (secondary N) is 1. The molecular formula is C17H13Cl2N3O3S. The molecule has 1 aromatic heterocycles. The molecule has 0 spiro atoms. The van der Waals surface area contributed by atoms with E-state index < -0.39 is 10.0 Å². The normalized spacial score (nSPS) is 11.3. The van der Waals surface area contributed by atoms with Gasteiger partial charge in [0.2, 0.25) is 0 Å². The molecule has 3 aromatic rings. The number of aromatic nitrogens is 2. The number of hydrogen-bond acceptors (Lipinski definition) is 4. The van der Waals surface area contributed by atoms with Gasteiger partial charge in [0.25, 0.3) is 15.6 Å². The Hall–Kier alpha value is -2.35. The van der Waals surface area contributed by atoms with Crippen molar-refractivity contribution in [2.45, 2.75) is 4.90 Å². The van der Waals surface area contributed by atoms with Crippen molar-refractivity contribution in [1.29, 1.82) is 0 Å². The van der Waals surface area contributed by atoms with Gasteiger partial charge in [-0.2, -0.15) is 5.10 Å². The number of halogens is 2. The first-order chi connectivity index (χ1) is 12.3. The van der Waals surface area contributed by atoms with Crippen LogP contribution in [0.2, 0.25) is 10.0 Å². The summed E-state index contributed by atoms with van der Waals surface area (Å²) < 4.78 is 28.7. The van der Waals surface area contributed by atoms with Crippen LogP contribution in [0, 0.1) is 0 Å². The van der Waals surface area contributed by atoms with Crippen LogP contribution in [-0.2, 0) is 17.1 Å². The molecule has 1 N–H and O–H groups in total. The van der Waals surface area contributed by atoms with E-state index in [9.17, 15) is 13.2 Å². The predicted octanol–water partition coefficient (Wildman–Crippen LogP) is 3.55. The fourth-order valence-corrected chi connectivity index (χ4v) is 4.08. The number of anilines is 1. The number of nitrogens with zero attached hydrogens (tertiary/aromatic N) is 2. The van der Waals surface area contributed by atoms with Crippen LogP contribution in [0.5, 0.6) is 0 Å². The molecule has 6 nitrogen and oxygen atoms in total. The molecule has 0 aliphatic carbocycles. The van der Waals surface area contributed by atoms with Crippen LogP contribution in [0.3, 0.4) is 0 Å². The van der Waals surface area contributed by atoms with Crippen molar-refractivity contribution in [3.63, 3.8) is 0 Å². The summed E-state index contributed by atoms with van der Waals surface area (Å²) in [5.74, 6) is 0. The summed E-state index contributed by atoms with van der Waals surface area (Å²) in [7, 11) is -2.33. The minimum absolute atomic E-state index is 0.0768. The molecule has 0 fully saturated rings. The van der Waals surface area contributed by atoms with Crippen LogP contribution in [0.25, 0.3) is 11.3 Å². The zero-order valence-electron chi connectivity index (χ0n) is 13.5. The zero-order valence-corrected chi connectivity index (χ0v) is 15.8. The van der Waals surface area contributed by atoms with Gasteiger partial charge in [-0.15, -0.1) is 0 Å². The van der Waals surface area contributed by atoms with Crippen LogP contribution < -0.4 is 10.3 Å². The fourth-order valence-electron chi connectivity index (χ4n) is 2.26. The van der Waals surface area contributed by atoms with Gasteiger partial charge < -0.3 is 0 Å². The predicted molar refractivity (Wildman–Crippen MR) is 102 cm³/mol. The lowest BCUT2D eigenvalue weighted by atomic mass is 10.1. The third kappa shape index (κ3) is 3.90. The summed E-state index contributed by atoms with van der Waals surface area (Å²) in [6.45, 7) is 0. The molecule has 0 unspecified atom stereocenters. The van der Waals surface area contributed by atoms with E-state index in [-0.39, 0.29) is 20.5 Å². The van der Waals surface area contributed by atoms with Crippen molar-refractivity contribution in [3.8, 4) is 11.3 Å². The molecule has 0 radical (unpaired) electrons. The first kappa shape index (κ1) is 18.4. The van der Waals surface area contributed by atoms with E-state index in [1.165, 1.54) is 28.9 Å². The summed E-state index contributed by atoms with van der Waals surface area (Å²) in [5, 5.41) is 4.50. The molecular weight excluding hydrogens is 397 g/mol. The highest BCUT2D eigenvalue weighted by molar-refractivity contribution is 7.92. The second-order valence-corrected chi connectivity index (χ2v) is 7.93. The van der Waals surface area contributed by atoms with E-state index in [1.807, 2.05) is 0 Å². The second-order valence-electron chi connectivity index (χ2n) is 5.44. The van der Waals surface area contributed by atoms with Crippen LogP contribution >= 0.6 is 23.2 Å². The molecule has 0 bridgehead atoms. The molecule has 1 heterocycles. The fraction of sp³-hybridized carbons (Fsp3) is 0.0588. The lowest BCUT2D eigenvalue weighted by Crippen LogP contribution is -2.18. The molecule has 134 valence electrons. The summed E-state index contributed by atoms with van der Waals surface area (Å²) in [6, 6.07) is 13.8. The minimum Gasteiger partial charge on any atom is -0.280 e. The number of benzene rings is 2. The van der Waals surface area contributed by atoms with E-state index in [0.29, 0.717) is 11.4 Å². The molecule has 26 heavy (non-hydrogen) atoms. The van der Waals surface area contributed by atoms with Crippen LogP contribution in [0.1, 0.15) is 0 Å². The maximum atomic E-state index is 12.5. The third-order valence-corrected chi connectivity index (χ3v) is 5.67. The second kappa shape index (κ2) is 7.11. The van der Waals surface area contributed by atoms with Crippen LogP contribution in [0.15, 0.2) is 64.3 Å². The van der Waals surface area contributed by atoms with Gasteiger partial charge >= 0.3 is 0 Å². The Labute approximate surface area is 160 Å². The zero-order chi connectivity index (χ0) is 18.9. The highest BCUT2D eigenvalue weighted by atomic mass is 35.5. The molecule has 0 aliphatic rings. The molecule has 0 atom stereocenters. The number of hydrogen-bond donors (Lipinski definition) is 1. The van der Waals surface area contributed by atoms with Gasteiger partial charge in [0.1, 0.15) is 4.90 Å². The van der Waals surface area contributed by atoms with Crippen molar-refractivity contribution >= 4 is 38.9 Å². The Balaban J connectivity index is 1.88.